The maximum Gasteiger partial charge on any atom is 0.269 e. The first-order chi connectivity index (χ1) is 14.2. The van der Waals surface area contributed by atoms with Crippen molar-refractivity contribution < 1.29 is 19.1 Å². The molecule has 1 aliphatic rings. The zero-order chi connectivity index (χ0) is 20.1. The highest BCUT2D eigenvalue weighted by Crippen LogP contribution is 2.31. The van der Waals surface area contributed by atoms with Gasteiger partial charge in [-0.25, -0.2) is 0 Å². The largest absolute Gasteiger partial charge is 0.485 e. The van der Waals surface area contributed by atoms with Crippen LogP contribution in [0.15, 0.2) is 73.1 Å². The van der Waals surface area contributed by atoms with Gasteiger partial charge in [0, 0.05) is 18.9 Å². The van der Waals surface area contributed by atoms with Crippen molar-refractivity contribution in [3.05, 3.63) is 84.2 Å². The standard InChI is InChI=1S/C22H19N3O4/c26-21(24-13-15-6-5-11-23-12-15)16-7-1-2-8-17(16)25-22(27)20-14-28-18-9-3-4-10-19(18)29-20/h1-12,20H,13-14H2,(H,24,26)(H,25,27)/t20-/m0/s1. The SMILES string of the molecule is O=C(NCc1cccnc1)c1ccccc1NC(=O)[C@@H]1COc2ccccc2O1. The van der Waals surface area contributed by atoms with Gasteiger partial charge in [0.15, 0.2) is 11.5 Å². The summed E-state index contributed by atoms with van der Waals surface area (Å²) in [7, 11) is 0. The average molecular weight is 389 g/mol. The third-order valence-corrected chi connectivity index (χ3v) is 4.41. The van der Waals surface area contributed by atoms with E-state index in [0.717, 1.165) is 5.56 Å². The van der Waals surface area contributed by atoms with E-state index in [-0.39, 0.29) is 18.4 Å². The van der Waals surface area contributed by atoms with Crippen LogP contribution in [-0.2, 0) is 11.3 Å². The normalized spacial score (nSPS) is 14.7. The molecule has 0 spiro atoms. The lowest BCUT2D eigenvalue weighted by Gasteiger charge is -2.25. The van der Waals surface area contributed by atoms with Crippen LogP contribution in [0.2, 0.25) is 0 Å². The van der Waals surface area contributed by atoms with E-state index in [1.165, 1.54) is 0 Å². The van der Waals surface area contributed by atoms with Crippen molar-refractivity contribution in [3.8, 4) is 11.5 Å². The fraction of sp³-hybridized carbons (Fsp3) is 0.136. The lowest BCUT2D eigenvalue weighted by atomic mass is 10.1. The van der Waals surface area contributed by atoms with Gasteiger partial charge in [-0.3, -0.25) is 14.6 Å². The monoisotopic (exact) mass is 389 g/mol. The highest BCUT2D eigenvalue weighted by atomic mass is 16.6. The number of hydrogen-bond acceptors (Lipinski definition) is 5. The third kappa shape index (κ3) is 4.35. The van der Waals surface area contributed by atoms with Crippen molar-refractivity contribution in [2.75, 3.05) is 11.9 Å². The van der Waals surface area contributed by atoms with Gasteiger partial charge in [-0.15, -0.1) is 0 Å². The Bertz CT molecular complexity index is 1020. The number of rotatable bonds is 5. The number of aromatic nitrogens is 1. The molecule has 2 heterocycles. The molecule has 7 heteroatoms. The van der Waals surface area contributed by atoms with Crippen LogP contribution in [0.4, 0.5) is 5.69 Å². The molecule has 2 aromatic carbocycles. The summed E-state index contributed by atoms with van der Waals surface area (Å²) >= 11 is 0. The van der Waals surface area contributed by atoms with E-state index in [1.807, 2.05) is 18.2 Å². The van der Waals surface area contributed by atoms with Gasteiger partial charge in [0.2, 0.25) is 6.10 Å². The summed E-state index contributed by atoms with van der Waals surface area (Å²) < 4.78 is 11.3. The summed E-state index contributed by atoms with van der Waals surface area (Å²) in [4.78, 5) is 29.3. The molecule has 0 unspecified atom stereocenters. The number of anilines is 1. The smallest absolute Gasteiger partial charge is 0.269 e. The van der Waals surface area contributed by atoms with Gasteiger partial charge in [0.1, 0.15) is 6.61 Å². The van der Waals surface area contributed by atoms with E-state index in [2.05, 4.69) is 15.6 Å². The first-order valence-electron chi connectivity index (χ1n) is 9.16. The van der Waals surface area contributed by atoms with Crippen molar-refractivity contribution >= 4 is 17.5 Å². The number of pyridine rings is 1. The highest BCUT2D eigenvalue weighted by Gasteiger charge is 2.28. The van der Waals surface area contributed by atoms with Gasteiger partial charge in [0.05, 0.1) is 11.3 Å². The summed E-state index contributed by atoms with van der Waals surface area (Å²) in [5.41, 5.74) is 1.65. The molecule has 4 rings (SSSR count). The fourth-order valence-electron chi connectivity index (χ4n) is 2.93. The van der Waals surface area contributed by atoms with Crippen LogP contribution in [0.25, 0.3) is 0 Å². The summed E-state index contributed by atoms with van der Waals surface area (Å²) in [6.45, 7) is 0.434. The number of amides is 2. The molecule has 7 nitrogen and oxygen atoms in total. The van der Waals surface area contributed by atoms with Crippen LogP contribution in [0.3, 0.4) is 0 Å². The quantitative estimate of drug-likeness (QED) is 0.700. The molecule has 0 bridgehead atoms. The van der Waals surface area contributed by atoms with Crippen LogP contribution in [-0.4, -0.2) is 29.5 Å². The second-order valence-corrected chi connectivity index (χ2v) is 6.44. The molecule has 3 aromatic rings. The van der Waals surface area contributed by atoms with Crippen molar-refractivity contribution in [2.24, 2.45) is 0 Å². The Kier molecular flexibility index (Phi) is 5.38. The molecule has 1 aromatic heterocycles. The number of hydrogen-bond donors (Lipinski definition) is 2. The Morgan fingerprint density at radius 2 is 1.79 bits per heavy atom. The average Bonchev–Trinajstić information content (AvgIpc) is 2.78. The maximum absolute atomic E-state index is 12.7. The summed E-state index contributed by atoms with van der Waals surface area (Å²) in [5.74, 6) is 0.441. The van der Waals surface area contributed by atoms with Crippen LogP contribution >= 0.6 is 0 Å². The fourth-order valence-corrected chi connectivity index (χ4v) is 2.93. The minimum Gasteiger partial charge on any atom is -0.485 e. The lowest BCUT2D eigenvalue weighted by molar-refractivity contribution is -0.125. The second kappa shape index (κ2) is 8.43. The zero-order valence-corrected chi connectivity index (χ0v) is 15.5. The predicted molar refractivity (Wildman–Crippen MR) is 107 cm³/mol. The van der Waals surface area contributed by atoms with Crippen molar-refractivity contribution in [2.45, 2.75) is 12.6 Å². The molecule has 0 radical (unpaired) electrons. The molecule has 0 fully saturated rings. The van der Waals surface area contributed by atoms with Crippen LogP contribution in [0.5, 0.6) is 11.5 Å². The molecular formula is C22H19N3O4. The molecule has 146 valence electrons. The molecular weight excluding hydrogens is 370 g/mol. The topological polar surface area (TPSA) is 89.6 Å². The van der Waals surface area contributed by atoms with Gasteiger partial charge >= 0.3 is 0 Å². The van der Waals surface area contributed by atoms with Gasteiger partial charge in [-0.1, -0.05) is 30.3 Å². The molecule has 29 heavy (non-hydrogen) atoms. The Hall–Kier alpha value is -3.87. The number of fused-ring (bicyclic) bond motifs is 1. The van der Waals surface area contributed by atoms with Gasteiger partial charge < -0.3 is 20.1 Å². The minimum atomic E-state index is -0.809. The molecule has 0 aliphatic carbocycles. The number of carbonyl (C=O) groups excluding carboxylic acids is 2. The van der Waals surface area contributed by atoms with E-state index < -0.39 is 6.10 Å². The lowest BCUT2D eigenvalue weighted by Crippen LogP contribution is -2.40. The Morgan fingerprint density at radius 1 is 1.00 bits per heavy atom. The molecule has 0 saturated heterocycles. The van der Waals surface area contributed by atoms with Gasteiger partial charge in [0.25, 0.3) is 11.8 Å². The van der Waals surface area contributed by atoms with E-state index in [9.17, 15) is 9.59 Å². The van der Waals surface area contributed by atoms with Gasteiger partial charge in [-0.2, -0.15) is 0 Å². The number of benzene rings is 2. The summed E-state index contributed by atoms with van der Waals surface area (Å²) in [6.07, 6.45) is 2.55. The highest BCUT2D eigenvalue weighted by molar-refractivity contribution is 6.04. The number of nitrogens with one attached hydrogen (secondary N) is 2. The Labute approximate surface area is 167 Å². The number of para-hydroxylation sites is 3. The van der Waals surface area contributed by atoms with Gasteiger partial charge in [-0.05, 0) is 35.9 Å². The number of nitrogens with zero attached hydrogens (tertiary/aromatic N) is 1. The molecule has 2 N–H and O–H groups in total. The maximum atomic E-state index is 12.7. The van der Waals surface area contributed by atoms with E-state index in [0.29, 0.717) is 29.3 Å². The van der Waals surface area contributed by atoms with Crippen molar-refractivity contribution in [3.63, 3.8) is 0 Å². The number of carbonyl (C=O) groups is 2. The first kappa shape index (κ1) is 18.5. The molecule has 1 aliphatic heterocycles. The first-order valence-corrected chi connectivity index (χ1v) is 9.16. The molecule has 1 atom stereocenters. The third-order valence-electron chi connectivity index (χ3n) is 4.41. The molecule has 2 amide bonds. The summed E-state index contributed by atoms with van der Waals surface area (Å²) in [5, 5.41) is 5.61. The van der Waals surface area contributed by atoms with Crippen LogP contribution in [0, 0.1) is 0 Å². The Morgan fingerprint density at radius 3 is 2.62 bits per heavy atom. The minimum absolute atomic E-state index is 0.0955. The zero-order valence-electron chi connectivity index (χ0n) is 15.5. The van der Waals surface area contributed by atoms with E-state index in [4.69, 9.17) is 9.47 Å². The van der Waals surface area contributed by atoms with Crippen LogP contribution < -0.4 is 20.1 Å². The summed E-state index contributed by atoms with van der Waals surface area (Å²) in [6, 6.07) is 17.7. The predicted octanol–water partition coefficient (Wildman–Crippen LogP) is 2.79. The van der Waals surface area contributed by atoms with Crippen molar-refractivity contribution in [1.29, 1.82) is 0 Å². The van der Waals surface area contributed by atoms with Crippen LogP contribution in [0.1, 0.15) is 15.9 Å². The number of ether oxygens (including phenoxy) is 2. The van der Waals surface area contributed by atoms with E-state index in [1.54, 1.807) is 54.9 Å². The molecule has 0 saturated carbocycles. The van der Waals surface area contributed by atoms with Crippen molar-refractivity contribution in [1.82, 2.24) is 10.3 Å². The van der Waals surface area contributed by atoms with E-state index >= 15 is 0 Å². The Balaban J connectivity index is 1.43. The second-order valence-electron chi connectivity index (χ2n) is 6.44.